The lowest BCUT2D eigenvalue weighted by atomic mass is 9.85. The topological polar surface area (TPSA) is 54.4 Å². The number of carbonyl (C=O) groups excluding carboxylic acids is 1. The molecule has 1 rings (SSSR count). The van der Waals surface area contributed by atoms with Crippen molar-refractivity contribution in [1.82, 2.24) is 0 Å². The van der Waals surface area contributed by atoms with E-state index in [4.69, 9.17) is 5.11 Å². The van der Waals surface area contributed by atoms with E-state index in [0.29, 0.717) is 24.5 Å². The second kappa shape index (κ2) is 8.26. The van der Waals surface area contributed by atoms with Crippen LogP contribution in [0.25, 0.3) is 0 Å². The molecule has 1 aliphatic rings. The maximum atomic E-state index is 11.7. The summed E-state index contributed by atoms with van der Waals surface area (Å²) in [7, 11) is 0. The number of Topliss-reactive ketones (excluding diaryl/α,β-unsaturated/α-hetero) is 1. The van der Waals surface area contributed by atoms with Gasteiger partial charge in [-0.3, -0.25) is 9.59 Å². The van der Waals surface area contributed by atoms with Crippen molar-refractivity contribution in [2.24, 2.45) is 5.92 Å². The lowest BCUT2D eigenvalue weighted by Gasteiger charge is -2.20. The average molecular weight is 240 g/mol. The van der Waals surface area contributed by atoms with Crippen LogP contribution in [0.4, 0.5) is 0 Å². The number of carboxylic acid groups (broad SMARTS) is 1. The lowest BCUT2D eigenvalue weighted by molar-refractivity contribution is -0.137. The quantitative estimate of drug-likeness (QED) is 0.660. The Balaban J connectivity index is 1.98. The van der Waals surface area contributed by atoms with Crippen LogP contribution in [0.3, 0.4) is 0 Å². The molecular weight excluding hydrogens is 216 g/mol. The van der Waals surface area contributed by atoms with Gasteiger partial charge in [-0.25, -0.2) is 0 Å². The Morgan fingerprint density at radius 3 is 2.24 bits per heavy atom. The van der Waals surface area contributed by atoms with Crippen LogP contribution in [-0.4, -0.2) is 16.9 Å². The van der Waals surface area contributed by atoms with E-state index >= 15 is 0 Å². The van der Waals surface area contributed by atoms with Crippen LogP contribution in [0.2, 0.25) is 0 Å². The van der Waals surface area contributed by atoms with Crippen molar-refractivity contribution in [1.29, 1.82) is 0 Å². The maximum Gasteiger partial charge on any atom is 0.303 e. The summed E-state index contributed by atoms with van der Waals surface area (Å²) in [5.41, 5.74) is 0. The number of carbonyl (C=O) groups is 2. The van der Waals surface area contributed by atoms with Crippen molar-refractivity contribution >= 4 is 11.8 Å². The Kier molecular flexibility index (Phi) is 6.90. The SMILES string of the molecule is O=C(O)CCCCCC(=O)CC1CCCCC1. The molecule has 0 aromatic heterocycles. The van der Waals surface area contributed by atoms with E-state index in [1.165, 1.54) is 32.1 Å². The van der Waals surface area contributed by atoms with E-state index in [9.17, 15) is 9.59 Å². The standard InChI is InChI=1S/C14H24O3/c15-13(9-5-2-6-10-14(16)17)11-12-7-3-1-4-8-12/h12H,1-11H2,(H,16,17). The van der Waals surface area contributed by atoms with Gasteiger partial charge in [0.25, 0.3) is 0 Å². The molecule has 0 heterocycles. The first-order valence-corrected chi connectivity index (χ1v) is 6.92. The number of carboxylic acids is 1. The molecule has 0 saturated heterocycles. The van der Waals surface area contributed by atoms with Gasteiger partial charge in [0.1, 0.15) is 5.78 Å². The lowest BCUT2D eigenvalue weighted by Crippen LogP contribution is -2.11. The van der Waals surface area contributed by atoms with Crippen LogP contribution >= 0.6 is 0 Å². The summed E-state index contributed by atoms with van der Waals surface area (Å²) in [5.74, 6) is 0.279. The third-order valence-electron chi connectivity index (χ3n) is 3.59. The van der Waals surface area contributed by atoms with Gasteiger partial charge in [0.15, 0.2) is 0 Å². The van der Waals surface area contributed by atoms with Gasteiger partial charge in [0, 0.05) is 19.3 Å². The van der Waals surface area contributed by atoms with Crippen LogP contribution in [0.5, 0.6) is 0 Å². The minimum Gasteiger partial charge on any atom is -0.481 e. The number of aliphatic carboxylic acids is 1. The molecule has 0 aromatic carbocycles. The molecule has 3 heteroatoms. The van der Waals surface area contributed by atoms with Crippen molar-refractivity contribution < 1.29 is 14.7 Å². The molecule has 0 amide bonds. The Hall–Kier alpha value is -0.860. The van der Waals surface area contributed by atoms with Gasteiger partial charge in [-0.2, -0.15) is 0 Å². The molecule has 98 valence electrons. The molecular formula is C14H24O3. The van der Waals surface area contributed by atoms with E-state index in [1.54, 1.807) is 0 Å². The number of unbranched alkanes of at least 4 members (excludes halogenated alkanes) is 2. The summed E-state index contributed by atoms with van der Waals surface area (Å²) in [6.07, 6.45) is 10.4. The third kappa shape index (κ3) is 7.14. The molecule has 3 nitrogen and oxygen atoms in total. The number of rotatable bonds is 8. The summed E-state index contributed by atoms with van der Waals surface area (Å²) < 4.78 is 0. The highest BCUT2D eigenvalue weighted by atomic mass is 16.4. The van der Waals surface area contributed by atoms with Gasteiger partial charge in [-0.05, 0) is 18.8 Å². The van der Waals surface area contributed by atoms with E-state index in [1.807, 2.05) is 0 Å². The van der Waals surface area contributed by atoms with Crippen molar-refractivity contribution in [3.05, 3.63) is 0 Å². The molecule has 1 saturated carbocycles. The summed E-state index contributed by atoms with van der Waals surface area (Å²) in [5, 5.41) is 8.47. The molecule has 1 aliphatic carbocycles. The minimum absolute atomic E-state index is 0.233. The molecule has 1 fully saturated rings. The Labute approximate surface area is 104 Å². The third-order valence-corrected chi connectivity index (χ3v) is 3.59. The maximum absolute atomic E-state index is 11.7. The first kappa shape index (κ1) is 14.2. The molecule has 0 atom stereocenters. The smallest absolute Gasteiger partial charge is 0.303 e. The second-order valence-corrected chi connectivity index (χ2v) is 5.20. The fraction of sp³-hybridized carbons (Fsp3) is 0.857. The van der Waals surface area contributed by atoms with Gasteiger partial charge < -0.3 is 5.11 Å². The van der Waals surface area contributed by atoms with Gasteiger partial charge in [-0.1, -0.05) is 38.5 Å². The van der Waals surface area contributed by atoms with Gasteiger partial charge in [-0.15, -0.1) is 0 Å². The zero-order chi connectivity index (χ0) is 12.5. The molecule has 17 heavy (non-hydrogen) atoms. The van der Waals surface area contributed by atoms with Crippen molar-refractivity contribution in [2.45, 2.75) is 70.6 Å². The monoisotopic (exact) mass is 240 g/mol. The molecule has 0 aromatic rings. The molecule has 1 N–H and O–H groups in total. The van der Waals surface area contributed by atoms with Crippen molar-refractivity contribution in [3.8, 4) is 0 Å². The Morgan fingerprint density at radius 1 is 0.941 bits per heavy atom. The predicted molar refractivity (Wildman–Crippen MR) is 66.9 cm³/mol. The summed E-state index contributed by atoms with van der Waals surface area (Å²) in [4.78, 5) is 22.0. The fourth-order valence-electron chi connectivity index (χ4n) is 2.59. The number of hydrogen-bond donors (Lipinski definition) is 1. The minimum atomic E-state index is -0.737. The molecule has 0 spiro atoms. The summed E-state index contributed by atoms with van der Waals surface area (Å²) in [6, 6.07) is 0. The molecule has 0 aliphatic heterocycles. The number of ketones is 1. The zero-order valence-corrected chi connectivity index (χ0v) is 10.6. The fourth-order valence-corrected chi connectivity index (χ4v) is 2.59. The van der Waals surface area contributed by atoms with Gasteiger partial charge in [0.05, 0.1) is 0 Å². The van der Waals surface area contributed by atoms with Crippen LogP contribution in [0.1, 0.15) is 70.6 Å². The average Bonchev–Trinajstić information content (AvgIpc) is 2.29. The summed E-state index contributed by atoms with van der Waals surface area (Å²) >= 11 is 0. The van der Waals surface area contributed by atoms with E-state index in [2.05, 4.69) is 0 Å². The number of hydrogen-bond acceptors (Lipinski definition) is 2. The van der Waals surface area contributed by atoms with Gasteiger partial charge in [0.2, 0.25) is 0 Å². The van der Waals surface area contributed by atoms with Crippen LogP contribution in [0.15, 0.2) is 0 Å². The van der Waals surface area contributed by atoms with Crippen LogP contribution in [0, 0.1) is 5.92 Å². The zero-order valence-electron chi connectivity index (χ0n) is 10.6. The molecule has 0 unspecified atom stereocenters. The van der Waals surface area contributed by atoms with E-state index < -0.39 is 5.97 Å². The van der Waals surface area contributed by atoms with Crippen LogP contribution in [-0.2, 0) is 9.59 Å². The predicted octanol–water partition coefficient (Wildman–Crippen LogP) is 3.56. The highest BCUT2D eigenvalue weighted by molar-refractivity contribution is 5.78. The largest absolute Gasteiger partial charge is 0.481 e. The highest BCUT2D eigenvalue weighted by Crippen LogP contribution is 2.27. The normalized spacial score (nSPS) is 16.9. The molecule has 0 bridgehead atoms. The first-order chi connectivity index (χ1) is 8.18. The van der Waals surface area contributed by atoms with E-state index in [-0.39, 0.29) is 6.42 Å². The first-order valence-electron chi connectivity index (χ1n) is 6.92. The van der Waals surface area contributed by atoms with Crippen LogP contribution < -0.4 is 0 Å². The Bertz CT molecular complexity index is 242. The highest BCUT2D eigenvalue weighted by Gasteiger charge is 2.16. The Morgan fingerprint density at radius 2 is 1.59 bits per heavy atom. The second-order valence-electron chi connectivity index (χ2n) is 5.20. The summed E-state index contributed by atoms with van der Waals surface area (Å²) in [6.45, 7) is 0. The van der Waals surface area contributed by atoms with Crippen molar-refractivity contribution in [3.63, 3.8) is 0 Å². The van der Waals surface area contributed by atoms with E-state index in [0.717, 1.165) is 19.3 Å². The van der Waals surface area contributed by atoms with Crippen molar-refractivity contribution in [2.75, 3.05) is 0 Å². The molecule has 0 radical (unpaired) electrons. The van der Waals surface area contributed by atoms with Gasteiger partial charge >= 0.3 is 5.97 Å².